The van der Waals surface area contributed by atoms with Gasteiger partial charge in [0.1, 0.15) is 5.82 Å². The van der Waals surface area contributed by atoms with Crippen LogP contribution in [0, 0.1) is 5.82 Å². The van der Waals surface area contributed by atoms with Gasteiger partial charge in [0.25, 0.3) is 0 Å². The topological polar surface area (TPSA) is 66.4 Å². The van der Waals surface area contributed by atoms with Gasteiger partial charge in [0.2, 0.25) is 10.0 Å². The predicted octanol–water partition coefficient (Wildman–Crippen LogP) is 1.65. The van der Waals surface area contributed by atoms with Crippen LogP contribution in [0.2, 0.25) is 0 Å². The van der Waals surface area contributed by atoms with E-state index in [4.69, 9.17) is 0 Å². The Hall–Kier alpha value is -0.980. The maximum absolute atomic E-state index is 12.7. The molecule has 6 heteroatoms. The van der Waals surface area contributed by atoms with Crippen molar-refractivity contribution in [1.29, 1.82) is 0 Å². The van der Waals surface area contributed by atoms with E-state index in [0.717, 1.165) is 12.1 Å². The molecule has 1 aromatic rings. The lowest BCUT2D eigenvalue weighted by molar-refractivity contribution is 0.00638. The molecule has 0 aliphatic rings. The molecule has 0 unspecified atom stereocenters. The minimum Gasteiger partial charge on any atom is -0.389 e. The summed E-state index contributed by atoms with van der Waals surface area (Å²) >= 11 is 0. The number of aliphatic hydroxyl groups is 1. The molecule has 0 fully saturated rings. The summed E-state index contributed by atoms with van der Waals surface area (Å²) in [6.07, 6.45) is 0. The van der Waals surface area contributed by atoms with E-state index in [-0.39, 0.29) is 4.90 Å². The molecule has 0 heterocycles. The average Bonchev–Trinajstić information content (AvgIpc) is 2.14. The Balaban J connectivity index is 3.07. The lowest BCUT2D eigenvalue weighted by Gasteiger charge is -2.37. The molecule has 4 nitrogen and oxygen atoms in total. The second-order valence-corrected chi connectivity index (χ2v) is 6.93. The van der Waals surface area contributed by atoms with Crippen LogP contribution in [-0.2, 0) is 10.0 Å². The monoisotopic (exact) mass is 275 g/mol. The fourth-order valence-electron chi connectivity index (χ4n) is 1.13. The molecule has 0 atom stereocenters. The van der Waals surface area contributed by atoms with Crippen LogP contribution in [0.15, 0.2) is 29.2 Å². The summed E-state index contributed by atoms with van der Waals surface area (Å²) in [7, 11) is -3.79. The summed E-state index contributed by atoms with van der Waals surface area (Å²) in [5, 5.41) is 9.91. The van der Waals surface area contributed by atoms with Crippen molar-refractivity contribution in [2.45, 2.75) is 43.7 Å². The number of rotatable bonds is 4. The first-order valence-corrected chi connectivity index (χ1v) is 6.96. The van der Waals surface area contributed by atoms with Crippen LogP contribution in [0.5, 0.6) is 0 Å². The van der Waals surface area contributed by atoms with Crippen LogP contribution in [0.25, 0.3) is 0 Å². The molecule has 2 N–H and O–H groups in total. The molecule has 0 amide bonds. The van der Waals surface area contributed by atoms with E-state index in [2.05, 4.69) is 4.72 Å². The maximum atomic E-state index is 12.7. The van der Waals surface area contributed by atoms with Gasteiger partial charge in [-0.1, -0.05) is 0 Å². The van der Waals surface area contributed by atoms with Crippen molar-refractivity contribution >= 4 is 10.0 Å². The van der Waals surface area contributed by atoms with Crippen LogP contribution < -0.4 is 4.72 Å². The first kappa shape index (κ1) is 15.1. The first-order valence-electron chi connectivity index (χ1n) is 5.48. The van der Waals surface area contributed by atoms with Gasteiger partial charge < -0.3 is 5.11 Å². The van der Waals surface area contributed by atoms with Crippen LogP contribution in [0.3, 0.4) is 0 Å². The van der Waals surface area contributed by atoms with Crippen LogP contribution in [-0.4, -0.2) is 24.7 Å². The molecule has 0 bridgehead atoms. The van der Waals surface area contributed by atoms with E-state index in [9.17, 15) is 17.9 Å². The molecule has 0 aromatic heterocycles. The molecule has 102 valence electrons. The quantitative estimate of drug-likeness (QED) is 0.878. The van der Waals surface area contributed by atoms with E-state index < -0.39 is 27.0 Å². The van der Waals surface area contributed by atoms with Gasteiger partial charge in [-0.3, -0.25) is 0 Å². The number of halogens is 1. The van der Waals surface area contributed by atoms with Crippen LogP contribution >= 0.6 is 0 Å². The molecule has 0 radical (unpaired) electrons. The molecule has 0 aliphatic heterocycles. The molecule has 0 saturated carbocycles. The number of hydrogen-bond donors (Lipinski definition) is 2. The highest BCUT2D eigenvalue weighted by Gasteiger charge is 2.38. The minimum atomic E-state index is -3.79. The Bertz CT molecular complexity index is 515. The van der Waals surface area contributed by atoms with Crippen molar-refractivity contribution in [2.24, 2.45) is 0 Å². The Morgan fingerprint density at radius 2 is 1.56 bits per heavy atom. The fourth-order valence-corrected chi connectivity index (χ4v) is 2.67. The third-order valence-electron chi connectivity index (χ3n) is 3.04. The smallest absolute Gasteiger partial charge is 0.241 e. The molecule has 1 aromatic carbocycles. The Labute approximate surface area is 107 Å². The van der Waals surface area contributed by atoms with Crippen LogP contribution in [0.1, 0.15) is 27.7 Å². The summed E-state index contributed by atoms with van der Waals surface area (Å²) in [5.74, 6) is -0.504. The summed E-state index contributed by atoms with van der Waals surface area (Å²) in [6, 6.07) is 4.51. The Morgan fingerprint density at radius 3 is 1.94 bits per heavy atom. The third kappa shape index (κ3) is 3.28. The second kappa shape index (κ2) is 4.60. The van der Waals surface area contributed by atoms with Crippen LogP contribution in [0.4, 0.5) is 4.39 Å². The average molecular weight is 275 g/mol. The second-order valence-electron chi connectivity index (χ2n) is 5.24. The lowest BCUT2D eigenvalue weighted by Crippen LogP contribution is -2.57. The van der Waals surface area contributed by atoms with Crippen molar-refractivity contribution < 1.29 is 17.9 Å². The van der Waals surface area contributed by atoms with Crippen molar-refractivity contribution in [3.63, 3.8) is 0 Å². The van der Waals surface area contributed by atoms with Gasteiger partial charge in [0, 0.05) is 0 Å². The van der Waals surface area contributed by atoms with E-state index in [1.807, 2.05) is 0 Å². The zero-order valence-corrected chi connectivity index (χ0v) is 11.7. The highest BCUT2D eigenvalue weighted by atomic mass is 32.2. The van der Waals surface area contributed by atoms with E-state index >= 15 is 0 Å². The highest BCUT2D eigenvalue weighted by molar-refractivity contribution is 7.89. The van der Waals surface area contributed by atoms with Crippen molar-refractivity contribution in [2.75, 3.05) is 0 Å². The molecule has 0 saturated heterocycles. The third-order valence-corrected chi connectivity index (χ3v) is 4.71. The van der Waals surface area contributed by atoms with Gasteiger partial charge in [-0.15, -0.1) is 0 Å². The largest absolute Gasteiger partial charge is 0.389 e. The van der Waals surface area contributed by atoms with Gasteiger partial charge in [-0.25, -0.2) is 17.5 Å². The molecule has 0 aliphatic carbocycles. The number of benzene rings is 1. The van der Waals surface area contributed by atoms with E-state index in [1.165, 1.54) is 26.0 Å². The van der Waals surface area contributed by atoms with Gasteiger partial charge >= 0.3 is 0 Å². The minimum absolute atomic E-state index is 0.0405. The molecular formula is C12H18FNO3S. The molecule has 1 rings (SSSR count). The van der Waals surface area contributed by atoms with E-state index in [0.29, 0.717) is 0 Å². The first-order chi connectivity index (χ1) is 7.96. The normalized spacial score (nSPS) is 13.7. The van der Waals surface area contributed by atoms with Gasteiger partial charge in [-0.05, 0) is 52.0 Å². The zero-order valence-electron chi connectivity index (χ0n) is 10.9. The Kier molecular flexibility index (Phi) is 3.86. The number of sulfonamides is 1. The fraction of sp³-hybridized carbons (Fsp3) is 0.500. The predicted molar refractivity (Wildman–Crippen MR) is 67.1 cm³/mol. The Morgan fingerprint density at radius 1 is 1.11 bits per heavy atom. The summed E-state index contributed by atoms with van der Waals surface area (Å²) in [4.78, 5) is -0.0405. The van der Waals surface area contributed by atoms with Crippen molar-refractivity contribution in [3.05, 3.63) is 30.1 Å². The highest BCUT2D eigenvalue weighted by Crippen LogP contribution is 2.23. The SMILES string of the molecule is CC(C)(O)C(C)(C)NS(=O)(=O)c1ccc(F)cc1. The summed E-state index contributed by atoms with van der Waals surface area (Å²) < 4.78 is 39.3. The molecular weight excluding hydrogens is 257 g/mol. The van der Waals surface area contributed by atoms with Gasteiger partial charge in [0.15, 0.2) is 0 Å². The summed E-state index contributed by atoms with van der Waals surface area (Å²) in [5.41, 5.74) is -2.29. The van der Waals surface area contributed by atoms with Gasteiger partial charge in [-0.2, -0.15) is 0 Å². The lowest BCUT2D eigenvalue weighted by atomic mass is 9.87. The maximum Gasteiger partial charge on any atom is 0.241 e. The number of hydrogen-bond acceptors (Lipinski definition) is 3. The van der Waals surface area contributed by atoms with E-state index in [1.54, 1.807) is 13.8 Å². The standard InChI is InChI=1S/C12H18FNO3S/c1-11(2,12(3,4)15)14-18(16,17)10-7-5-9(13)6-8-10/h5-8,14-15H,1-4H3. The molecule has 18 heavy (non-hydrogen) atoms. The molecule has 0 spiro atoms. The van der Waals surface area contributed by atoms with Crippen molar-refractivity contribution in [1.82, 2.24) is 4.72 Å². The van der Waals surface area contributed by atoms with Crippen molar-refractivity contribution in [3.8, 4) is 0 Å². The van der Waals surface area contributed by atoms with Gasteiger partial charge in [0.05, 0.1) is 16.0 Å². The number of nitrogens with one attached hydrogen (secondary N) is 1. The zero-order chi connectivity index (χ0) is 14.2. The summed E-state index contributed by atoms with van der Waals surface area (Å²) in [6.45, 7) is 6.18.